The van der Waals surface area contributed by atoms with Crippen molar-refractivity contribution in [1.82, 2.24) is 4.90 Å². The van der Waals surface area contributed by atoms with Gasteiger partial charge in [-0.05, 0) is 42.7 Å². The number of hydrogen-bond donors (Lipinski definition) is 4. The lowest BCUT2D eigenvalue weighted by molar-refractivity contribution is -0.0325. The lowest BCUT2D eigenvalue weighted by atomic mass is 9.85. The number of hydrogen-bond acceptors (Lipinski definition) is 5. The summed E-state index contributed by atoms with van der Waals surface area (Å²) >= 11 is 0. The number of urea groups is 1. The predicted octanol–water partition coefficient (Wildman–Crippen LogP) is 1.99. The van der Waals surface area contributed by atoms with Gasteiger partial charge in [0.05, 0.1) is 5.60 Å². The average Bonchev–Trinajstić information content (AvgIpc) is 2.70. The van der Waals surface area contributed by atoms with Gasteiger partial charge in [0.15, 0.2) is 0 Å². The number of amides is 2. The number of carbonyl (C=O) groups is 1. The second-order valence-electron chi connectivity index (χ2n) is 7.67. The monoisotopic (exact) mass is 399 g/mol. The van der Waals surface area contributed by atoms with Gasteiger partial charge in [0, 0.05) is 31.7 Å². The van der Waals surface area contributed by atoms with Crippen LogP contribution in [-0.2, 0) is 6.42 Å². The van der Waals surface area contributed by atoms with Crippen molar-refractivity contribution in [1.29, 1.82) is 0 Å². The fourth-order valence-electron chi connectivity index (χ4n) is 3.62. The summed E-state index contributed by atoms with van der Waals surface area (Å²) in [5.74, 6) is 0.606. The molecule has 2 amide bonds. The SMILES string of the molecule is NC(=O)Nc1ccc(OC[C@H](O)CN2CCC(O)(Cc3ccccc3)CC2)cc1. The van der Waals surface area contributed by atoms with E-state index in [1.54, 1.807) is 24.3 Å². The van der Waals surface area contributed by atoms with E-state index in [2.05, 4.69) is 10.2 Å². The van der Waals surface area contributed by atoms with Gasteiger partial charge in [0.25, 0.3) is 0 Å². The van der Waals surface area contributed by atoms with Gasteiger partial charge >= 0.3 is 6.03 Å². The molecule has 0 bridgehead atoms. The lowest BCUT2D eigenvalue weighted by Gasteiger charge is -2.39. The zero-order valence-corrected chi connectivity index (χ0v) is 16.5. The number of benzene rings is 2. The Balaban J connectivity index is 1.39. The fourth-order valence-corrected chi connectivity index (χ4v) is 3.62. The van der Waals surface area contributed by atoms with Crippen molar-refractivity contribution in [3.05, 3.63) is 60.2 Å². The third kappa shape index (κ3) is 6.74. The lowest BCUT2D eigenvalue weighted by Crippen LogP contribution is -2.48. The van der Waals surface area contributed by atoms with Crippen LogP contribution in [0, 0.1) is 0 Å². The zero-order valence-electron chi connectivity index (χ0n) is 16.5. The highest BCUT2D eigenvalue weighted by atomic mass is 16.5. The molecule has 29 heavy (non-hydrogen) atoms. The molecule has 3 rings (SSSR count). The second kappa shape index (κ2) is 9.73. The maximum absolute atomic E-state index is 10.9. The number of carbonyl (C=O) groups excluding carboxylic acids is 1. The van der Waals surface area contributed by atoms with Crippen LogP contribution in [-0.4, -0.2) is 59.1 Å². The van der Waals surface area contributed by atoms with Crippen LogP contribution in [0.3, 0.4) is 0 Å². The molecule has 7 nitrogen and oxygen atoms in total. The quantitative estimate of drug-likeness (QED) is 0.543. The Labute approximate surface area is 171 Å². The number of nitrogens with two attached hydrogens (primary N) is 1. The van der Waals surface area contributed by atoms with E-state index >= 15 is 0 Å². The molecule has 1 heterocycles. The summed E-state index contributed by atoms with van der Waals surface area (Å²) in [5, 5.41) is 23.6. The largest absolute Gasteiger partial charge is 0.491 e. The summed E-state index contributed by atoms with van der Waals surface area (Å²) in [6.45, 7) is 2.16. The molecule has 0 saturated carbocycles. The van der Waals surface area contributed by atoms with Crippen LogP contribution >= 0.6 is 0 Å². The molecule has 1 fully saturated rings. The highest BCUT2D eigenvalue weighted by molar-refractivity contribution is 5.87. The standard InChI is InChI=1S/C22H29N3O4/c23-21(27)24-18-6-8-20(9-7-18)29-16-19(26)15-25-12-10-22(28,11-13-25)14-17-4-2-1-3-5-17/h1-9,19,26,28H,10-16H2,(H3,23,24,27)/t19-/m1/s1. The number of nitrogens with zero attached hydrogens (tertiary/aromatic N) is 1. The maximum atomic E-state index is 10.9. The number of rotatable bonds is 8. The van der Waals surface area contributed by atoms with Gasteiger partial charge < -0.3 is 30.9 Å². The van der Waals surface area contributed by atoms with Gasteiger partial charge in [-0.3, -0.25) is 0 Å². The van der Waals surface area contributed by atoms with Gasteiger partial charge in [0.1, 0.15) is 18.5 Å². The maximum Gasteiger partial charge on any atom is 0.316 e. The van der Waals surface area contributed by atoms with Crippen LogP contribution in [0.15, 0.2) is 54.6 Å². The number of anilines is 1. The van der Waals surface area contributed by atoms with Gasteiger partial charge in [-0.25, -0.2) is 4.79 Å². The number of ether oxygens (including phenoxy) is 1. The molecule has 1 aliphatic rings. The second-order valence-corrected chi connectivity index (χ2v) is 7.67. The number of aliphatic hydroxyl groups excluding tert-OH is 1. The highest BCUT2D eigenvalue weighted by Gasteiger charge is 2.32. The molecular weight excluding hydrogens is 370 g/mol. The van der Waals surface area contributed by atoms with Crippen LogP contribution in [0.5, 0.6) is 5.75 Å². The third-order valence-corrected chi connectivity index (χ3v) is 5.20. The number of nitrogens with one attached hydrogen (secondary N) is 1. The molecular formula is C22H29N3O4. The summed E-state index contributed by atoms with van der Waals surface area (Å²) < 4.78 is 5.62. The number of primary amides is 1. The van der Waals surface area contributed by atoms with E-state index in [1.807, 2.05) is 30.3 Å². The van der Waals surface area contributed by atoms with Crippen molar-refractivity contribution in [2.24, 2.45) is 5.73 Å². The minimum Gasteiger partial charge on any atom is -0.491 e. The zero-order chi connectivity index (χ0) is 20.7. The van der Waals surface area contributed by atoms with E-state index in [4.69, 9.17) is 10.5 Å². The Kier molecular flexibility index (Phi) is 7.09. The van der Waals surface area contributed by atoms with Crippen molar-refractivity contribution < 1.29 is 19.7 Å². The summed E-state index contributed by atoms with van der Waals surface area (Å²) in [6, 6.07) is 16.2. The highest BCUT2D eigenvalue weighted by Crippen LogP contribution is 2.26. The van der Waals surface area contributed by atoms with E-state index in [-0.39, 0.29) is 6.61 Å². The minimum atomic E-state index is -0.681. The third-order valence-electron chi connectivity index (χ3n) is 5.20. The van der Waals surface area contributed by atoms with Gasteiger partial charge in [-0.2, -0.15) is 0 Å². The summed E-state index contributed by atoms with van der Waals surface area (Å²) in [5.41, 5.74) is 6.12. The Bertz CT molecular complexity index is 774. The summed E-state index contributed by atoms with van der Waals surface area (Å²) in [7, 11) is 0. The molecule has 2 aromatic rings. The molecule has 0 unspecified atom stereocenters. The van der Waals surface area contributed by atoms with Crippen LogP contribution < -0.4 is 15.8 Å². The Morgan fingerprint density at radius 3 is 2.41 bits per heavy atom. The average molecular weight is 399 g/mol. The van der Waals surface area contributed by atoms with E-state index < -0.39 is 17.7 Å². The smallest absolute Gasteiger partial charge is 0.316 e. The van der Waals surface area contributed by atoms with Crippen LogP contribution in [0.25, 0.3) is 0 Å². The first-order valence-electron chi connectivity index (χ1n) is 9.88. The molecule has 0 radical (unpaired) electrons. The number of piperidine rings is 1. The van der Waals surface area contributed by atoms with Gasteiger partial charge in [-0.15, -0.1) is 0 Å². The predicted molar refractivity (Wildman–Crippen MR) is 112 cm³/mol. The van der Waals surface area contributed by atoms with Crippen molar-refractivity contribution >= 4 is 11.7 Å². The van der Waals surface area contributed by atoms with E-state index in [9.17, 15) is 15.0 Å². The molecule has 5 N–H and O–H groups in total. The normalized spacial score (nSPS) is 17.4. The molecule has 0 aliphatic carbocycles. The Morgan fingerprint density at radius 1 is 1.14 bits per heavy atom. The Morgan fingerprint density at radius 2 is 1.79 bits per heavy atom. The van der Waals surface area contributed by atoms with Crippen molar-refractivity contribution in [3.63, 3.8) is 0 Å². The van der Waals surface area contributed by atoms with Crippen molar-refractivity contribution in [2.45, 2.75) is 31.0 Å². The summed E-state index contributed by atoms with van der Waals surface area (Å²) in [4.78, 5) is 13.0. The molecule has 1 atom stereocenters. The fraction of sp³-hybridized carbons (Fsp3) is 0.409. The minimum absolute atomic E-state index is 0.174. The van der Waals surface area contributed by atoms with Crippen LogP contribution in [0.1, 0.15) is 18.4 Å². The first-order valence-corrected chi connectivity index (χ1v) is 9.88. The van der Waals surface area contributed by atoms with E-state index in [0.717, 1.165) is 18.7 Å². The number of aliphatic hydroxyl groups is 2. The molecule has 1 saturated heterocycles. The number of likely N-dealkylation sites (tertiary alicyclic amines) is 1. The molecule has 0 aromatic heterocycles. The number of β-amino-alcohol motifs (C(OH)–C–C–N with tert-alkyl or cyclic N) is 1. The molecule has 2 aromatic carbocycles. The van der Waals surface area contributed by atoms with Gasteiger partial charge in [0.2, 0.25) is 0 Å². The molecule has 0 spiro atoms. The Hall–Kier alpha value is -2.61. The van der Waals surface area contributed by atoms with Crippen molar-refractivity contribution in [3.8, 4) is 5.75 Å². The first kappa shape index (κ1) is 21.1. The molecule has 7 heteroatoms. The van der Waals surface area contributed by atoms with Crippen molar-refractivity contribution in [2.75, 3.05) is 31.6 Å². The summed E-state index contributed by atoms with van der Waals surface area (Å²) in [6.07, 6.45) is 1.40. The van der Waals surface area contributed by atoms with Gasteiger partial charge in [-0.1, -0.05) is 30.3 Å². The topological polar surface area (TPSA) is 108 Å². The van der Waals surface area contributed by atoms with Crippen LogP contribution in [0.4, 0.5) is 10.5 Å². The molecule has 1 aliphatic heterocycles. The van der Waals surface area contributed by atoms with E-state index in [0.29, 0.717) is 37.2 Å². The first-order chi connectivity index (χ1) is 13.9. The molecule has 156 valence electrons. The van der Waals surface area contributed by atoms with Crippen LogP contribution in [0.2, 0.25) is 0 Å². The van der Waals surface area contributed by atoms with E-state index in [1.165, 1.54) is 0 Å².